The molecule has 0 saturated carbocycles. The van der Waals surface area contributed by atoms with Gasteiger partial charge in [0, 0.05) is 42.7 Å². The molecule has 0 bridgehead atoms. The predicted molar refractivity (Wildman–Crippen MR) is 252 cm³/mol. The minimum atomic E-state index is -4.75. The van der Waals surface area contributed by atoms with Gasteiger partial charge in [0.2, 0.25) is 0 Å². The third kappa shape index (κ3) is 15.6. The fraction of sp³-hybridized carbons (Fsp3) is 0.0217. The van der Waals surface area contributed by atoms with Crippen molar-refractivity contribution < 1.29 is 104 Å². The summed E-state index contributed by atoms with van der Waals surface area (Å²) in [6, 6.07) is 42.7. The van der Waals surface area contributed by atoms with Crippen LogP contribution in [0.2, 0.25) is 0 Å². The van der Waals surface area contributed by atoms with E-state index in [1.807, 2.05) is 19.1 Å². The first-order valence-corrected chi connectivity index (χ1v) is 22.9. The number of nitrogens with zero attached hydrogens (tertiary/aromatic N) is 8. The molecule has 2 N–H and O–H groups in total. The number of anilines is 2. The minimum absolute atomic E-state index is 0. The number of carbonyl (C=O) groups is 1. The Bertz CT molecular complexity index is 3380. The van der Waals surface area contributed by atoms with Gasteiger partial charge < -0.3 is 25.7 Å². The average Bonchev–Trinajstić information content (AvgIpc) is 3.36. The Hall–Kier alpha value is -5.89. The number of amides is 2. The van der Waals surface area contributed by atoms with Crippen LogP contribution >= 0.6 is 24.1 Å². The molecule has 0 atom stereocenters. The number of azo groups is 4. The van der Waals surface area contributed by atoms with Crippen LogP contribution in [0.5, 0.6) is 0 Å². The summed E-state index contributed by atoms with van der Waals surface area (Å²) in [4.78, 5) is 13.7. The smallest absolute Gasteiger partial charge is 0.744 e. The van der Waals surface area contributed by atoms with Crippen molar-refractivity contribution in [1.82, 2.24) is 0 Å². The molecular formula is C46H31Li3N10O10S3. The number of fused-ring (bicyclic) bond motifs is 2. The third-order valence-electron chi connectivity index (χ3n) is 9.70. The topological polar surface area (TPSA) is 280 Å². The Balaban J connectivity index is 0.00000321. The van der Waals surface area contributed by atoms with Gasteiger partial charge in [0.05, 0.1) is 74.5 Å². The van der Waals surface area contributed by atoms with Crippen molar-refractivity contribution in [3.05, 3.63) is 163 Å². The van der Waals surface area contributed by atoms with E-state index in [0.29, 0.717) is 88.2 Å². The van der Waals surface area contributed by atoms with Crippen molar-refractivity contribution in [3.8, 4) is 0 Å². The van der Waals surface area contributed by atoms with Crippen molar-refractivity contribution in [1.29, 1.82) is 0 Å². The molecule has 8 rings (SSSR count). The molecule has 0 aromatic heterocycles. The Morgan fingerprint density at radius 3 is 1.25 bits per heavy atom. The number of urea groups is 1. The second kappa shape index (κ2) is 27.2. The van der Waals surface area contributed by atoms with E-state index in [2.05, 4.69) is 70.3 Å². The van der Waals surface area contributed by atoms with Crippen molar-refractivity contribution >= 4 is 119 Å². The van der Waals surface area contributed by atoms with E-state index >= 15 is 0 Å². The molecule has 0 fully saturated rings. The van der Waals surface area contributed by atoms with E-state index in [1.54, 1.807) is 127 Å². The molecule has 20 nitrogen and oxygen atoms in total. The molecule has 0 saturated heterocycles. The molecule has 72 heavy (non-hydrogen) atoms. The van der Waals surface area contributed by atoms with E-state index in [1.165, 1.54) is 18.2 Å². The van der Waals surface area contributed by atoms with Crippen molar-refractivity contribution in [2.24, 2.45) is 40.9 Å². The summed E-state index contributed by atoms with van der Waals surface area (Å²) in [5, 5.41) is 70.0. The fourth-order valence-corrected chi connectivity index (χ4v) is 7.64. The SMILES string of the molecule is Cc1ccc(N=Nc2ccc(N=Nc3ccc(NC(=O)Nc4ccc(N=Nc5ccc(N=Nc6ccc(SOO[O-])cc6)c6cc(SOO[O-])ccc56)cc4)cc3)c3ccc(S(=O)(=O)[O-])cc23)cc1.[Li+].[Li+].[Li+]. The zero-order chi connectivity index (χ0) is 48.2. The average molecular weight is 1000 g/mol. The van der Waals surface area contributed by atoms with Crippen LogP contribution in [0.4, 0.5) is 61.7 Å². The molecule has 0 spiro atoms. The molecule has 0 unspecified atom stereocenters. The Labute approximate surface area is 455 Å². The number of benzene rings is 8. The molecule has 8 aromatic rings. The second-order valence-corrected chi connectivity index (χ2v) is 17.2. The van der Waals surface area contributed by atoms with Crippen LogP contribution < -0.4 is 77.7 Å². The Kier molecular flexibility index (Phi) is 21.6. The van der Waals surface area contributed by atoms with Gasteiger partial charge >= 0.3 is 62.6 Å². The van der Waals surface area contributed by atoms with Crippen molar-refractivity contribution in [3.63, 3.8) is 0 Å². The minimum Gasteiger partial charge on any atom is -0.744 e. The van der Waals surface area contributed by atoms with Crippen LogP contribution in [0, 0.1) is 6.92 Å². The normalized spacial score (nSPS) is 11.6. The van der Waals surface area contributed by atoms with Gasteiger partial charge in [-0.1, -0.05) is 29.8 Å². The largest absolute Gasteiger partial charge is 1.00 e. The van der Waals surface area contributed by atoms with E-state index in [0.717, 1.165) is 29.6 Å². The summed E-state index contributed by atoms with van der Waals surface area (Å²) in [5.74, 6) is 0. The molecule has 8 aromatic carbocycles. The molecule has 0 aliphatic carbocycles. The maximum Gasteiger partial charge on any atom is 1.00 e. The van der Waals surface area contributed by atoms with Crippen molar-refractivity contribution in [2.45, 2.75) is 21.6 Å². The predicted octanol–water partition coefficient (Wildman–Crippen LogP) is 3.98. The monoisotopic (exact) mass is 1000 g/mol. The second-order valence-electron chi connectivity index (χ2n) is 14.3. The molecule has 0 heterocycles. The zero-order valence-corrected chi connectivity index (χ0v) is 40.8. The molecule has 0 aliphatic heterocycles. The summed E-state index contributed by atoms with van der Waals surface area (Å²) in [6.07, 6.45) is 0. The summed E-state index contributed by atoms with van der Waals surface area (Å²) in [5.41, 5.74) is 5.80. The van der Waals surface area contributed by atoms with Crippen LogP contribution in [0.3, 0.4) is 0 Å². The van der Waals surface area contributed by atoms with Crippen molar-refractivity contribution in [2.75, 3.05) is 10.6 Å². The number of hydrogen-bond donors (Lipinski definition) is 2. The van der Waals surface area contributed by atoms with Crippen LogP contribution in [-0.2, 0) is 28.9 Å². The summed E-state index contributed by atoms with van der Waals surface area (Å²) >= 11 is 1.47. The summed E-state index contributed by atoms with van der Waals surface area (Å²) in [7, 11) is -4.75. The van der Waals surface area contributed by atoms with Gasteiger partial charge in [0.15, 0.2) is 0 Å². The van der Waals surface area contributed by atoms with E-state index < -0.39 is 21.0 Å². The molecule has 26 heteroatoms. The molecule has 2 amide bonds. The van der Waals surface area contributed by atoms with E-state index in [-0.39, 0.29) is 56.6 Å². The number of nitrogens with one attached hydrogen (secondary N) is 2. The standard InChI is InChI=1S/C46H34N10O10S3.3Li/c1-28-2-4-31(5-3-28)49-56-45-25-23-43(39-21-19-37(27-41(39)45)69(60,61)62)54-51-33-12-8-30(9-13-33)48-46(57)47-29-6-10-32(11-7-29)50-53-42-22-24-44(40-26-36(68-66-64-59)18-20-38(40)42)55-52-34-14-16-35(17-15-34)67-65-63-58;;;/h2-27,58-59H,1H3,(H2,47,48,57)(H,60,61,62);;;/q;3*+1/p-3. The quantitative estimate of drug-likeness (QED) is 0.0327. The zero-order valence-electron chi connectivity index (χ0n) is 38.4. The first-order valence-electron chi connectivity index (χ1n) is 20.0. The Morgan fingerprint density at radius 2 is 0.819 bits per heavy atom. The van der Waals surface area contributed by atoms with Gasteiger partial charge in [-0.3, -0.25) is 10.1 Å². The number of hydrogen-bond acceptors (Lipinski definition) is 20. The first kappa shape index (κ1) is 57.0. The van der Waals surface area contributed by atoms with E-state index in [9.17, 15) is 28.3 Å². The fourth-order valence-electron chi connectivity index (χ4n) is 6.40. The number of rotatable bonds is 17. The molecular weight excluding hydrogens is 970 g/mol. The first-order chi connectivity index (χ1) is 33.5. The third-order valence-corrected chi connectivity index (χ3v) is 11.7. The number of aryl methyl sites for hydroxylation is 1. The Morgan fingerprint density at radius 1 is 0.458 bits per heavy atom. The van der Waals surface area contributed by atoms with Gasteiger partial charge in [0.1, 0.15) is 10.1 Å². The van der Waals surface area contributed by atoms with Gasteiger partial charge in [-0.15, -0.1) is 20.5 Å². The van der Waals surface area contributed by atoms with E-state index in [4.69, 9.17) is 0 Å². The molecule has 346 valence electrons. The maximum atomic E-state index is 12.9. The van der Waals surface area contributed by atoms with Crippen LogP contribution in [0.1, 0.15) is 5.56 Å². The summed E-state index contributed by atoms with van der Waals surface area (Å²) in [6.45, 7) is 1.95. The van der Waals surface area contributed by atoms with Crippen LogP contribution in [0.15, 0.2) is 213 Å². The van der Waals surface area contributed by atoms with Gasteiger partial charge in [-0.2, -0.15) is 29.1 Å². The van der Waals surface area contributed by atoms with Gasteiger partial charge in [-0.25, -0.2) is 13.2 Å². The summed E-state index contributed by atoms with van der Waals surface area (Å²) < 4.78 is 44.4. The van der Waals surface area contributed by atoms with Gasteiger partial charge in [0.25, 0.3) is 0 Å². The van der Waals surface area contributed by atoms with Gasteiger partial charge in [-0.05, 0) is 140 Å². The maximum absolute atomic E-state index is 12.9. The molecule has 0 radical (unpaired) electrons. The van der Waals surface area contributed by atoms with Crippen LogP contribution in [-0.4, -0.2) is 19.0 Å². The van der Waals surface area contributed by atoms with Crippen LogP contribution in [0.25, 0.3) is 21.5 Å². The number of carbonyl (C=O) groups excluding carboxylic acids is 1. The molecule has 0 aliphatic rings.